The van der Waals surface area contributed by atoms with Crippen molar-refractivity contribution in [2.24, 2.45) is 124 Å². The summed E-state index contributed by atoms with van der Waals surface area (Å²) >= 11 is 0. The molecule has 0 aliphatic heterocycles. The highest BCUT2D eigenvalue weighted by molar-refractivity contribution is 5.15. The normalized spacial score (nSPS) is 37.5. The van der Waals surface area contributed by atoms with Crippen molar-refractivity contribution < 1.29 is 0 Å². The van der Waals surface area contributed by atoms with Crippen LogP contribution in [0.3, 0.4) is 0 Å². The predicted molar refractivity (Wildman–Crippen MR) is 370 cm³/mol. The van der Waals surface area contributed by atoms with E-state index in [1.54, 1.807) is 0 Å². The lowest BCUT2D eigenvalue weighted by Crippen LogP contribution is -2.06. The molecule has 0 N–H and O–H groups in total. The van der Waals surface area contributed by atoms with Gasteiger partial charge < -0.3 is 0 Å². The number of allylic oxidation sites excluding steroid dienone is 21. The summed E-state index contributed by atoms with van der Waals surface area (Å²) in [5.41, 5.74) is 0. The molecule has 0 heteroatoms. The highest BCUT2D eigenvalue weighted by Gasteiger charge is 2.39. The molecule has 14 bridgehead atoms. The van der Waals surface area contributed by atoms with Crippen molar-refractivity contribution in [3.8, 4) is 0 Å². The smallest absolute Gasteiger partial charge is 0.0165 e. The van der Waals surface area contributed by atoms with Crippen LogP contribution in [0.15, 0.2) is 174 Å². The van der Waals surface area contributed by atoms with E-state index in [2.05, 4.69) is 149 Å². The van der Waals surface area contributed by atoms with Crippen LogP contribution in [0.5, 0.6) is 0 Å². The van der Waals surface area contributed by atoms with E-state index in [1.165, 1.54) is 225 Å². The first-order chi connectivity index (χ1) is 41.3. The van der Waals surface area contributed by atoms with E-state index >= 15 is 0 Å². The minimum atomic E-state index is 0.806. The zero-order chi connectivity index (χ0) is 58.7. The van der Waals surface area contributed by atoms with Gasteiger partial charge in [0.15, 0.2) is 0 Å². The fourth-order valence-electron chi connectivity index (χ4n) is 19.1. The number of rotatable bonds is 28. The van der Waals surface area contributed by atoms with Gasteiger partial charge in [-0.15, -0.1) is 46.1 Å². The molecule has 14 aliphatic carbocycles. The van der Waals surface area contributed by atoms with Crippen molar-refractivity contribution in [2.45, 2.75) is 225 Å². The average Bonchev–Trinajstić information content (AvgIpc) is 4.56. The molecule has 21 unspecified atom stereocenters. The monoisotopic (exact) mass is 1130 g/mol. The van der Waals surface area contributed by atoms with E-state index in [0.717, 1.165) is 124 Å². The van der Waals surface area contributed by atoms with Gasteiger partial charge in [-0.25, -0.2) is 0 Å². The van der Waals surface area contributed by atoms with Crippen LogP contribution in [0.25, 0.3) is 0 Å². The Hall–Kier alpha value is -3.64. The Balaban J connectivity index is 0.000000128. The van der Waals surface area contributed by atoms with Crippen LogP contribution in [0, 0.1) is 124 Å². The van der Waals surface area contributed by atoms with Gasteiger partial charge in [-0.2, -0.15) is 0 Å². The average molecular weight is 1140 g/mol. The van der Waals surface area contributed by atoms with Gasteiger partial charge in [0.05, 0.1) is 0 Å². The van der Waals surface area contributed by atoms with Crippen LogP contribution in [-0.2, 0) is 0 Å². The molecule has 84 heavy (non-hydrogen) atoms. The Morgan fingerprint density at radius 3 is 0.786 bits per heavy atom. The van der Waals surface area contributed by atoms with Crippen molar-refractivity contribution in [2.75, 3.05) is 0 Å². The molecule has 14 rings (SSSR count). The highest BCUT2D eigenvalue weighted by atomic mass is 14.4. The standard InChI is InChI=1S/C15H24.C14H22.C13H20.C12H18.C11H16.C10H14.C9H12/c1-2-3-4-5-6-7-8-14-11-13-9-10-15(14)12-13;1-2-3-4-5-6-7-13-10-12-8-9-14(13)11-12;1-2-3-4-5-6-12-9-11-7-8-13(12)10-11;1-2-3-4-5-11-8-10-6-7-12(11)9-10;1-2-3-4-10-7-9-5-6-11(10)8-9;1-2-3-9-6-8-4-5-10(9)7-8;1-2-8-5-7-3-4-9(8)6-7/h2,9-10,13-15H,1,3-8,11-12H2;2,8-9,12-14H,1,3-7,10-11H2;2,7-8,11-13H,1,3-6,9-10H2;2,6-7,10-12H,1,3-5,8-9H2;2,5-6,9-11H,1,3-4,7-8H2;2,4-5,8-10H,1,3,6-7H2;2-4,7-9H,1,5-6H2. The summed E-state index contributed by atoms with van der Waals surface area (Å²) in [6.07, 6.45) is 97.2. The zero-order valence-corrected chi connectivity index (χ0v) is 53.9. The van der Waals surface area contributed by atoms with E-state index in [9.17, 15) is 0 Å². The molecule has 0 radical (unpaired) electrons. The SMILES string of the molecule is C=CC1CC2C=CC1C2.C=CCC1CC2C=CC1C2.C=CCCC1CC2C=CC1C2.C=CCCCC1CC2C=CC1C2.C=CCCCCC1CC2C=CC1C2.C=CCCCCCC1CC2C=CC1C2.C=CCCCCCCC1CC2C=CC1C2. The van der Waals surface area contributed by atoms with Crippen molar-refractivity contribution in [3.05, 3.63) is 174 Å². The molecule has 0 aromatic rings. The lowest BCUT2D eigenvalue weighted by Gasteiger charge is -2.17. The summed E-state index contributed by atoms with van der Waals surface area (Å²) in [7, 11) is 0. The Kier molecular flexibility index (Phi) is 28.9. The van der Waals surface area contributed by atoms with Crippen LogP contribution in [-0.4, -0.2) is 0 Å². The minimum absolute atomic E-state index is 0.806. The van der Waals surface area contributed by atoms with Crippen molar-refractivity contribution in [3.63, 3.8) is 0 Å². The van der Waals surface area contributed by atoms with Gasteiger partial charge in [-0.3, -0.25) is 0 Å². The molecular formula is C84H126. The first-order valence-electron chi connectivity index (χ1n) is 36.4. The van der Waals surface area contributed by atoms with Crippen molar-refractivity contribution >= 4 is 0 Å². The highest BCUT2D eigenvalue weighted by Crippen LogP contribution is 2.50. The van der Waals surface area contributed by atoms with Crippen LogP contribution in [0.4, 0.5) is 0 Å². The topological polar surface area (TPSA) is 0 Å². The van der Waals surface area contributed by atoms with Crippen molar-refractivity contribution in [1.29, 1.82) is 0 Å². The Morgan fingerprint density at radius 2 is 0.500 bits per heavy atom. The molecule has 0 saturated heterocycles. The lowest BCUT2D eigenvalue weighted by molar-refractivity contribution is 0.395. The first kappa shape index (κ1) is 66.3. The van der Waals surface area contributed by atoms with Gasteiger partial charge >= 0.3 is 0 Å². The summed E-state index contributed by atoms with van der Waals surface area (Å²) in [6, 6.07) is 0. The van der Waals surface area contributed by atoms with E-state index in [1.807, 2.05) is 24.3 Å². The Bertz CT molecular complexity index is 2200. The van der Waals surface area contributed by atoms with E-state index in [0.29, 0.717) is 0 Å². The molecule has 0 spiro atoms. The second-order valence-corrected chi connectivity index (χ2v) is 29.8. The third-order valence-electron chi connectivity index (χ3n) is 23.8. The molecule has 7 saturated carbocycles. The first-order valence-corrected chi connectivity index (χ1v) is 36.4. The fraction of sp³-hybridized carbons (Fsp3) is 0.667. The van der Waals surface area contributed by atoms with Crippen LogP contribution in [0.1, 0.15) is 225 Å². The second-order valence-electron chi connectivity index (χ2n) is 29.8. The van der Waals surface area contributed by atoms with Crippen molar-refractivity contribution in [1.82, 2.24) is 0 Å². The summed E-state index contributed by atoms with van der Waals surface area (Å²) in [4.78, 5) is 0. The molecule has 462 valence electrons. The number of unbranched alkanes of at least 4 members (excludes halogenated alkanes) is 10. The van der Waals surface area contributed by atoms with Gasteiger partial charge in [-0.1, -0.05) is 166 Å². The molecule has 7 fully saturated rings. The number of hydrogen-bond acceptors (Lipinski definition) is 0. The van der Waals surface area contributed by atoms with Gasteiger partial charge in [0.2, 0.25) is 0 Å². The van der Waals surface area contributed by atoms with Gasteiger partial charge in [-0.05, 0) is 310 Å². The van der Waals surface area contributed by atoms with Gasteiger partial charge in [0, 0.05) is 0 Å². The van der Waals surface area contributed by atoms with Crippen LogP contribution >= 0.6 is 0 Å². The summed E-state index contributed by atoms with van der Waals surface area (Å²) in [5, 5.41) is 0. The van der Waals surface area contributed by atoms with E-state index in [4.69, 9.17) is 0 Å². The lowest BCUT2D eigenvalue weighted by atomic mass is 9.88. The quantitative estimate of drug-likeness (QED) is 0.0541. The summed E-state index contributed by atoms with van der Waals surface area (Å²) < 4.78 is 0. The largest absolute Gasteiger partial charge is 0.103 e. The maximum absolute atomic E-state index is 3.83. The third kappa shape index (κ3) is 20.7. The van der Waals surface area contributed by atoms with E-state index in [-0.39, 0.29) is 0 Å². The molecular weight excluding hydrogens is 1010 g/mol. The number of hydrogen-bond donors (Lipinski definition) is 0. The maximum Gasteiger partial charge on any atom is -0.0165 e. The maximum atomic E-state index is 3.83. The summed E-state index contributed by atoms with van der Waals surface area (Å²) in [6.45, 7) is 26.4. The number of fused-ring (bicyclic) bond motifs is 14. The minimum Gasteiger partial charge on any atom is -0.103 e. The predicted octanol–water partition coefficient (Wildman–Crippen LogP) is 24.9. The molecule has 21 atom stereocenters. The molecule has 0 nitrogen and oxygen atoms in total. The Labute approximate surface area is 519 Å². The van der Waals surface area contributed by atoms with E-state index < -0.39 is 0 Å². The molecule has 0 amide bonds. The fourth-order valence-corrected chi connectivity index (χ4v) is 19.1. The second kappa shape index (κ2) is 36.6. The zero-order valence-electron chi connectivity index (χ0n) is 53.9. The molecule has 14 aliphatic rings. The molecule has 0 heterocycles. The third-order valence-corrected chi connectivity index (χ3v) is 23.8. The molecule has 0 aromatic heterocycles. The summed E-state index contributed by atoms with van der Waals surface area (Å²) in [5.74, 6) is 19.9. The molecule has 0 aromatic carbocycles. The van der Waals surface area contributed by atoms with Crippen LogP contribution < -0.4 is 0 Å². The Morgan fingerprint density at radius 1 is 0.226 bits per heavy atom. The van der Waals surface area contributed by atoms with Crippen LogP contribution in [0.2, 0.25) is 0 Å². The van der Waals surface area contributed by atoms with Gasteiger partial charge in [0.25, 0.3) is 0 Å². The van der Waals surface area contributed by atoms with Gasteiger partial charge in [0.1, 0.15) is 0 Å².